The van der Waals surface area contributed by atoms with Gasteiger partial charge in [0.2, 0.25) is 0 Å². The number of nitrogens with two attached hydrogens (primary N) is 1. The summed E-state index contributed by atoms with van der Waals surface area (Å²) in [5.74, 6) is 0.0148. The zero-order valence-corrected chi connectivity index (χ0v) is 7.73. The van der Waals surface area contributed by atoms with Crippen LogP contribution in [0.4, 0.5) is 0 Å². The quantitative estimate of drug-likeness (QED) is 0.661. The molecule has 0 aliphatic carbocycles. The molecule has 1 aromatic rings. The van der Waals surface area contributed by atoms with Crippen LogP contribution < -0.4 is 5.73 Å². The maximum absolute atomic E-state index is 11.4. The van der Waals surface area contributed by atoms with Gasteiger partial charge in [-0.1, -0.05) is 12.1 Å². The Morgan fingerprint density at radius 3 is 3.08 bits per heavy atom. The van der Waals surface area contributed by atoms with Crippen LogP contribution >= 0.6 is 0 Å². The van der Waals surface area contributed by atoms with Gasteiger partial charge in [-0.3, -0.25) is 4.79 Å². The number of hydrogen-bond donors (Lipinski definition) is 1. The second-order valence-electron chi connectivity index (χ2n) is 2.80. The minimum Gasteiger partial charge on any atom is -0.330 e. The van der Waals surface area contributed by atoms with Crippen molar-refractivity contribution in [1.82, 2.24) is 15.0 Å². The molecule has 13 heavy (non-hydrogen) atoms. The van der Waals surface area contributed by atoms with Gasteiger partial charge < -0.3 is 5.73 Å². The first kappa shape index (κ1) is 9.85. The molecule has 5 nitrogen and oxygen atoms in total. The second-order valence-corrected chi connectivity index (χ2v) is 2.80. The molecule has 72 valence electrons. The fourth-order valence-electron chi connectivity index (χ4n) is 1.11. The van der Waals surface area contributed by atoms with Crippen molar-refractivity contribution in [3.63, 3.8) is 0 Å². The fourth-order valence-corrected chi connectivity index (χ4v) is 1.11. The van der Waals surface area contributed by atoms with E-state index < -0.39 is 0 Å². The highest BCUT2D eigenvalue weighted by Crippen LogP contribution is 2.01. The topological polar surface area (TPSA) is 73.8 Å². The molecule has 0 bridgehead atoms. The zero-order valence-electron chi connectivity index (χ0n) is 7.73. The third-order valence-corrected chi connectivity index (χ3v) is 1.71. The summed E-state index contributed by atoms with van der Waals surface area (Å²) >= 11 is 0. The molecule has 0 saturated heterocycles. The van der Waals surface area contributed by atoms with Crippen molar-refractivity contribution in [2.24, 2.45) is 5.73 Å². The van der Waals surface area contributed by atoms with Gasteiger partial charge in [0.1, 0.15) is 5.69 Å². The van der Waals surface area contributed by atoms with Crippen molar-refractivity contribution in [3.05, 3.63) is 11.9 Å². The van der Waals surface area contributed by atoms with Crippen LogP contribution in [0.15, 0.2) is 6.20 Å². The molecule has 0 amide bonds. The Hall–Kier alpha value is -1.23. The van der Waals surface area contributed by atoms with Crippen molar-refractivity contribution in [1.29, 1.82) is 0 Å². The first-order valence-electron chi connectivity index (χ1n) is 4.41. The van der Waals surface area contributed by atoms with E-state index in [1.807, 2.05) is 6.92 Å². The zero-order chi connectivity index (χ0) is 9.68. The van der Waals surface area contributed by atoms with Crippen LogP contribution in [0.25, 0.3) is 0 Å². The van der Waals surface area contributed by atoms with Crippen LogP contribution in [0.2, 0.25) is 0 Å². The number of carbonyl (C=O) groups excluding carboxylic acids is 1. The monoisotopic (exact) mass is 182 g/mol. The van der Waals surface area contributed by atoms with Crippen LogP contribution in [0, 0.1) is 0 Å². The summed E-state index contributed by atoms with van der Waals surface area (Å²) in [5.41, 5.74) is 5.85. The Balaban J connectivity index is 2.74. The highest BCUT2D eigenvalue weighted by atomic mass is 16.1. The summed E-state index contributed by atoms with van der Waals surface area (Å²) in [6.45, 7) is 3.13. The van der Waals surface area contributed by atoms with Gasteiger partial charge in [0.25, 0.3) is 0 Å². The van der Waals surface area contributed by atoms with Crippen LogP contribution in [-0.4, -0.2) is 27.3 Å². The minimum atomic E-state index is 0.0148. The average molecular weight is 182 g/mol. The summed E-state index contributed by atoms with van der Waals surface area (Å²) in [7, 11) is 0. The molecule has 1 rings (SSSR count). The summed E-state index contributed by atoms with van der Waals surface area (Å²) in [4.78, 5) is 11.4. The molecule has 0 atom stereocenters. The van der Waals surface area contributed by atoms with E-state index in [9.17, 15) is 4.79 Å². The van der Waals surface area contributed by atoms with Crippen molar-refractivity contribution in [3.8, 4) is 0 Å². The number of aryl methyl sites for hydroxylation is 1. The van der Waals surface area contributed by atoms with Crippen LogP contribution in [-0.2, 0) is 6.54 Å². The first-order valence-corrected chi connectivity index (χ1v) is 4.41. The lowest BCUT2D eigenvalue weighted by atomic mass is 10.2. The Labute approximate surface area is 76.9 Å². The van der Waals surface area contributed by atoms with Gasteiger partial charge in [-0.25, -0.2) is 4.68 Å². The van der Waals surface area contributed by atoms with E-state index in [-0.39, 0.29) is 5.78 Å². The summed E-state index contributed by atoms with van der Waals surface area (Å²) in [6, 6.07) is 0. The number of aromatic nitrogens is 3. The standard InChI is InChI=1S/C8H14N4O/c1-2-5-12-7(6-10-11-12)8(13)3-4-9/h6H,2-5,9H2,1H3. The normalized spacial score (nSPS) is 10.3. The molecule has 0 radical (unpaired) electrons. The highest BCUT2D eigenvalue weighted by Gasteiger charge is 2.10. The third kappa shape index (κ3) is 2.35. The predicted octanol–water partition coefficient (Wildman–Crippen LogP) is 0.220. The van der Waals surface area contributed by atoms with Crippen molar-refractivity contribution < 1.29 is 4.79 Å². The van der Waals surface area contributed by atoms with E-state index in [1.165, 1.54) is 6.20 Å². The SMILES string of the molecule is CCCn1nncc1C(=O)CCN. The van der Waals surface area contributed by atoms with Gasteiger partial charge in [0.05, 0.1) is 6.20 Å². The largest absolute Gasteiger partial charge is 0.330 e. The molecule has 2 N–H and O–H groups in total. The first-order chi connectivity index (χ1) is 6.29. The van der Waals surface area contributed by atoms with Gasteiger partial charge >= 0.3 is 0 Å². The molecule has 1 heterocycles. The number of hydrogen-bond acceptors (Lipinski definition) is 4. The molecule has 0 unspecified atom stereocenters. The third-order valence-electron chi connectivity index (χ3n) is 1.71. The maximum atomic E-state index is 11.4. The van der Waals surface area contributed by atoms with Crippen LogP contribution in [0.1, 0.15) is 30.3 Å². The van der Waals surface area contributed by atoms with Crippen molar-refractivity contribution >= 4 is 5.78 Å². The van der Waals surface area contributed by atoms with E-state index in [2.05, 4.69) is 10.3 Å². The lowest BCUT2D eigenvalue weighted by Gasteiger charge is -2.01. The summed E-state index contributed by atoms with van der Waals surface area (Å²) in [5, 5.41) is 7.51. The molecule has 1 aromatic heterocycles. The molecule has 0 saturated carbocycles. The molecule has 0 spiro atoms. The van der Waals surface area contributed by atoms with Crippen LogP contribution in [0.5, 0.6) is 0 Å². The van der Waals surface area contributed by atoms with Gasteiger partial charge in [-0.05, 0) is 13.0 Å². The van der Waals surface area contributed by atoms with E-state index in [0.29, 0.717) is 18.7 Å². The molecular formula is C8H14N4O. The van der Waals surface area contributed by atoms with Crippen molar-refractivity contribution in [2.75, 3.05) is 6.54 Å². The molecule has 0 aromatic carbocycles. The van der Waals surface area contributed by atoms with Gasteiger partial charge in [0.15, 0.2) is 5.78 Å². The lowest BCUT2D eigenvalue weighted by molar-refractivity contribution is 0.0975. The smallest absolute Gasteiger partial charge is 0.183 e. The number of ketones is 1. The van der Waals surface area contributed by atoms with E-state index >= 15 is 0 Å². The molecule has 0 fully saturated rings. The fraction of sp³-hybridized carbons (Fsp3) is 0.625. The molecule has 5 heteroatoms. The summed E-state index contributed by atoms with van der Waals surface area (Å²) < 4.78 is 1.62. The minimum absolute atomic E-state index is 0.0148. The van der Waals surface area contributed by atoms with Crippen LogP contribution in [0.3, 0.4) is 0 Å². The second kappa shape index (κ2) is 4.71. The van der Waals surface area contributed by atoms with E-state index in [0.717, 1.165) is 13.0 Å². The van der Waals surface area contributed by atoms with Crippen molar-refractivity contribution in [2.45, 2.75) is 26.3 Å². The van der Waals surface area contributed by atoms with Gasteiger partial charge in [-0.2, -0.15) is 0 Å². The van der Waals surface area contributed by atoms with E-state index in [1.54, 1.807) is 4.68 Å². The highest BCUT2D eigenvalue weighted by molar-refractivity contribution is 5.94. The Morgan fingerprint density at radius 2 is 2.46 bits per heavy atom. The number of Topliss-reactive ketones (excluding diaryl/α,β-unsaturated/α-hetero) is 1. The Bertz CT molecular complexity index is 281. The lowest BCUT2D eigenvalue weighted by Crippen LogP contribution is -2.14. The number of nitrogens with zero attached hydrogens (tertiary/aromatic N) is 3. The number of rotatable bonds is 5. The Morgan fingerprint density at radius 1 is 1.69 bits per heavy atom. The Kier molecular flexibility index (Phi) is 3.57. The average Bonchev–Trinajstić information content (AvgIpc) is 2.54. The molecule has 0 aliphatic heterocycles. The summed E-state index contributed by atoms with van der Waals surface area (Å²) in [6.07, 6.45) is 2.79. The maximum Gasteiger partial charge on any atom is 0.183 e. The predicted molar refractivity (Wildman–Crippen MR) is 48.3 cm³/mol. The van der Waals surface area contributed by atoms with Gasteiger partial charge in [-0.15, -0.1) is 5.10 Å². The molecule has 0 aliphatic rings. The number of carbonyl (C=O) groups is 1. The van der Waals surface area contributed by atoms with E-state index in [4.69, 9.17) is 5.73 Å². The van der Waals surface area contributed by atoms with Gasteiger partial charge in [0, 0.05) is 13.0 Å². The molecular weight excluding hydrogens is 168 g/mol.